The second-order valence-electron chi connectivity index (χ2n) is 10.6. The van der Waals surface area contributed by atoms with Crippen LogP contribution in [0.2, 0.25) is 0 Å². The van der Waals surface area contributed by atoms with Gasteiger partial charge in [0, 0.05) is 7.11 Å². The predicted molar refractivity (Wildman–Crippen MR) is 166 cm³/mol. The smallest absolute Gasteiger partial charge is 0.338 e. The van der Waals surface area contributed by atoms with E-state index in [9.17, 15) is 13.2 Å². The summed E-state index contributed by atoms with van der Waals surface area (Å²) in [5.41, 5.74) is 2.99. The van der Waals surface area contributed by atoms with E-state index < -0.39 is 53.4 Å². The van der Waals surface area contributed by atoms with Crippen LogP contribution in [0.25, 0.3) is 0 Å². The molecule has 10 heteroatoms. The molecule has 236 valence electrons. The lowest BCUT2D eigenvalue weighted by Crippen LogP contribution is -2.62. The minimum absolute atomic E-state index is 0.00835. The van der Waals surface area contributed by atoms with Gasteiger partial charge < -0.3 is 23.7 Å². The van der Waals surface area contributed by atoms with Gasteiger partial charge in [0.1, 0.15) is 18.3 Å². The van der Waals surface area contributed by atoms with Crippen molar-refractivity contribution in [3.8, 4) is 0 Å². The summed E-state index contributed by atoms with van der Waals surface area (Å²) in [6.07, 6.45) is -5.03. The van der Waals surface area contributed by atoms with Crippen molar-refractivity contribution in [2.45, 2.75) is 55.7 Å². The zero-order valence-corrected chi connectivity index (χ0v) is 25.9. The normalized spacial score (nSPS) is 21.7. The van der Waals surface area contributed by atoms with Crippen LogP contribution < -0.4 is 0 Å². The zero-order chi connectivity index (χ0) is 31.6. The predicted octanol–water partition coefficient (Wildman–Crippen LogP) is 5.47. The molecule has 0 unspecified atom stereocenters. The second-order valence-corrected chi connectivity index (χ2v) is 12.2. The molecule has 0 bridgehead atoms. The monoisotopic (exact) mass is 632 g/mol. The highest BCUT2D eigenvalue weighted by molar-refractivity contribution is 7.86. The van der Waals surface area contributed by atoms with Crippen molar-refractivity contribution >= 4 is 16.1 Å². The van der Waals surface area contributed by atoms with Gasteiger partial charge in [-0.05, 0) is 42.3 Å². The molecule has 0 saturated carbocycles. The average molecular weight is 633 g/mol. The Bertz CT molecular complexity index is 1600. The maximum atomic E-state index is 13.4. The summed E-state index contributed by atoms with van der Waals surface area (Å²) in [4.78, 5) is 13.4. The molecule has 9 nitrogen and oxygen atoms in total. The van der Waals surface area contributed by atoms with Gasteiger partial charge in [-0.2, -0.15) is 8.42 Å². The first kappa shape index (κ1) is 32.5. The number of hydrogen-bond donors (Lipinski definition) is 0. The van der Waals surface area contributed by atoms with Crippen LogP contribution >= 0.6 is 0 Å². The van der Waals surface area contributed by atoms with Crippen molar-refractivity contribution in [3.05, 3.63) is 138 Å². The molecule has 1 aliphatic rings. The number of benzene rings is 4. The number of aryl methyl sites for hydroxylation is 1. The van der Waals surface area contributed by atoms with Crippen molar-refractivity contribution in [1.29, 1.82) is 0 Å². The Hall–Kier alpha value is -3.90. The standard InChI is InChI=1S/C35H36O9S/c1-25-18-20-29(21-19-25)45(37,38)42-24-30-31(44-34(36)28-16-10-5-11-17-28)32(40-22-26-12-6-3-7-13-26)33(35(39-2)43-30)41-23-27-14-8-4-9-15-27/h3-21,30-33,35H,22-24H2,1-2H3/t30-,31-,32+,33-,35+/m1/s1. The third kappa shape index (κ3) is 8.64. The SMILES string of the molecule is CO[C@H]1O[C@H](COS(=O)(=O)c2ccc(C)cc2)[C@@H](OC(=O)c2ccccc2)[C@H](OCc2ccccc2)[C@H]1OCc1ccccc1. The lowest BCUT2D eigenvalue weighted by molar-refractivity contribution is -0.312. The molecule has 1 aliphatic heterocycles. The van der Waals surface area contributed by atoms with Gasteiger partial charge in [-0.1, -0.05) is 96.6 Å². The summed E-state index contributed by atoms with van der Waals surface area (Å²) in [5.74, 6) is -0.637. The van der Waals surface area contributed by atoms with E-state index in [2.05, 4.69) is 0 Å². The lowest BCUT2D eigenvalue weighted by atomic mass is 9.98. The number of methoxy groups -OCH3 is 1. The van der Waals surface area contributed by atoms with Crippen LogP contribution in [0.15, 0.2) is 120 Å². The summed E-state index contributed by atoms with van der Waals surface area (Å²) in [6, 6.07) is 33.8. The van der Waals surface area contributed by atoms with E-state index in [4.69, 9.17) is 27.9 Å². The summed E-state index contributed by atoms with van der Waals surface area (Å²) >= 11 is 0. The van der Waals surface area contributed by atoms with E-state index in [1.165, 1.54) is 19.2 Å². The molecule has 0 spiro atoms. The van der Waals surface area contributed by atoms with Gasteiger partial charge in [0.05, 0.1) is 30.3 Å². The molecule has 0 aliphatic carbocycles. The highest BCUT2D eigenvalue weighted by Gasteiger charge is 2.50. The number of hydrogen-bond acceptors (Lipinski definition) is 9. The number of esters is 1. The maximum absolute atomic E-state index is 13.4. The molecule has 1 fully saturated rings. The molecule has 45 heavy (non-hydrogen) atoms. The fourth-order valence-electron chi connectivity index (χ4n) is 4.94. The largest absolute Gasteiger partial charge is 0.453 e. The summed E-state index contributed by atoms with van der Waals surface area (Å²) < 4.78 is 62.5. The third-order valence-electron chi connectivity index (χ3n) is 7.34. The van der Waals surface area contributed by atoms with Crippen molar-refractivity contribution in [3.63, 3.8) is 0 Å². The van der Waals surface area contributed by atoms with Crippen molar-refractivity contribution in [1.82, 2.24) is 0 Å². The van der Waals surface area contributed by atoms with Crippen molar-refractivity contribution in [2.75, 3.05) is 13.7 Å². The number of rotatable bonds is 13. The van der Waals surface area contributed by atoms with Crippen LogP contribution in [-0.4, -0.2) is 58.8 Å². The summed E-state index contributed by atoms with van der Waals surface area (Å²) in [5, 5.41) is 0. The molecular weight excluding hydrogens is 596 g/mol. The van der Waals surface area contributed by atoms with Crippen LogP contribution in [0.3, 0.4) is 0 Å². The van der Waals surface area contributed by atoms with Crippen LogP contribution in [0, 0.1) is 6.92 Å². The maximum Gasteiger partial charge on any atom is 0.338 e. The van der Waals surface area contributed by atoms with E-state index in [1.54, 1.807) is 42.5 Å². The first-order valence-corrected chi connectivity index (χ1v) is 16.0. The Morgan fingerprint density at radius 3 is 1.80 bits per heavy atom. The lowest BCUT2D eigenvalue weighted by Gasteiger charge is -2.45. The first-order chi connectivity index (χ1) is 21.8. The Morgan fingerprint density at radius 1 is 0.711 bits per heavy atom. The van der Waals surface area contributed by atoms with Gasteiger partial charge in [0.25, 0.3) is 10.1 Å². The first-order valence-electron chi connectivity index (χ1n) is 14.6. The number of carbonyl (C=O) groups excluding carboxylic acids is 1. The van der Waals surface area contributed by atoms with Gasteiger partial charge >= 0.3 is 5.97 Å². The van der Waals surface area contributed by atoms with Crippen LogP contribution in [0.4, 0.5) is 0 Å². The van der Waals surface area contributed by atoms with Crippen molar-refractivity contribution in [2.24, 2.45) is 0 Å². The molecule has 4 aromatic rings. The minimum atomic E-state index is -4.17. The van der Waals surface area contributed by atoms with Crippen LogP contribution in [-0.2, 0) is 51.2 Å². The van der Waals surface area contributed by atoms with Gasteiger partial charge in [-0.15, -0.1) is 0 Å². The van der Waals surface area contributed by atoms with Gasteiger partial charge in [0.15, 0.2) is 12.4 Å². The van der Waals surface area contributed by atoms with E-state index in [1.807, 2.05) is 67.6 Å². The van der Waals surface area contributed by atoms with Gasteiger partial charge in [0.2, 0.25) is 0 Å². The molecule has 0 aromatic heterocycles. The fourth-order valence-corrected chi connectivity index (χ4v) is 5.86. The van der Waals surface area contributed by atoms with E-state index in [-0.39, 0.29) is 18.1 Å². The molecule has 4 aromatic carbocycles. The molecule has 0 amide bonds. The average Bonchev–Trinajstić information content (AvgIpc) is 3.07. The topological polar surface area (TPSA) is 107 Å². The molecule has 5 rings (SSSR count). The molecule has 5 atom stereocenters. The fraction of sp³-hybridized carbons (Fsp3) is 0.286. The van der Waals surface area contributed by atoms with E-state index in [0.717, 1.165) is 16.7 Å². The molecule has 0 radical (unpaired) electrons. The summed E-state index contributed by atoms with van der Waals surface area (Å²) in [7, 11) is -2.72. The van der Waals surface area contributed by atoms with Crippen molar-refractivity contribution < 1.29 is 41.1 Å². The Labute approximate surface area is 263 Å². The highest BCUT2D eigenvalue weighted by Crippen LogP contribution is 2.32. The number of carbonyl (C=O) groups is 1. The van der Waals surface area contributed by atoms with E-state index in [0.29, 0.717) is 5.56 Å². The highest BCUT2D eigenvalue weighted by atomic mass is 32.2. The number of ether oxygens (including phenoxy) is 5. The summed E-state index contributed by atoms with van der Waals surface area (Å²) in [6.45, 7) is 1.74. The van der Waals surface area contributed by atoms with E-state index >= 15 is 0 Å². The Kier molecular flexibility index (Phi) is 11.1. The Balaban J connectivity index is 1.46. The molecular formula is C35H36O9S. The van der Waals surface area contributed by atoms with Gasteiger partial charge in [-0.3, -0.25) is 4.18 Å². The Morgan fingerprint density at radius 2 is 1.24 bits per heavy atom. The van der Waals surface area contributed by atoms with Gasteiger partial charge in [-0.25, -0.2) is 4.79 Å². The molecule has 1 heterocycles. The molecule has 0 N–H and O–H groups in total. The zero-order valence-electron chi connectivity index (χ0n) is 25.1. The third-order valence-corrected chi connectivity index (χ3v) is 8.64. The molecule has 1 saturated heterocycles. The van der Waals surface area contributed by atoms with Crippen LogP contribution in [0.5, 0.6) is 0 Å². The second kappa shape index (κ2) is 15.4. The minimum Gasteiger partial charge on any atom is -0.453 e. The quantitative estimate of drug-likeness (QED) is 0.140. The van der Waals surface area contributed by atoms with Crippen LogP contribution in [0.1, 0.15) is 27.0 Å².